The minimum atomic E-state index is -0.464. The zero-order chi connectivity index (χ0) is 13.3. The number of nitrogens with two attached hydrogens (primary N) is 1. The number of ether oxygens (including phenoxy) is 2. The first-order valence-corrected chi connectivity index (χ1v) is 5.77. The molecule has 0 saturated heterocycles. The zero-order valence-electron chi connectivity index (χ0n) is 11.2. The molecule has 100 valence electrons. The highest BCUT2D eigenvalue weighted by Crippen LogP contribution is 2.06. The molecule has 1 amide bonds. The molecule has 0 saturated carbocycles. The first-order valence-electron chi connectivity index (χ1n) is 5.77. The van der Waals surface area contributed by atoms with Gasteiger partial charge in [-0.3, -0.25) is 0 Å². The lowest BCUT2D eigenvalue weighted by atomic mass is 10.2. The summed E-state index contributed by atoms with van der Waals surface area (Å²) in [4.78, 5) is 11.2. The van der Waals surface area contributed by atoms with E-state index in [1.54, 1.807) is 6.20 Å². The van der Waals surface area contributed by atoms with Crippen molar-refractivity contribution in [1.82, 2.24) is 5.32 Å². The summed E-state index contributed by atoms with van der Waals surface area (Å²) >= 11 is 0. The smallest absolute Gasteiger partial charge is 0.407 e. The van der Waals surface area contributed by atoms with Crippen molar-refractivity contribution in [3.8, 4) is 0 Å². The van der Waals surface area contributed by atoms with E-state index in [9.17, 15) is 4.79 Å². The standard InChI is InChI=1S/C12H24N2O3/c1-10(9-13)5-7-16-8-6-14-11(15)17-12(2,3)4/h9H,5-8,13H2,1-4H3,(H,14,15)/b10-9-. The molecule has 5 heteroatoms. The zero-order valence-corrected chi connectivity index (χ0v) is 11.2. The van der Waals surface area contributed by atoms with Crippen molar-refractivity contribution < 1.29 is 14.3 Å². The molecular weight excluding hydrogens is 220 g/mol. The van der Waals surface area contributed by atoms with Crippen molar-refractivity contribution in [3.63, 3.8) is 0 Å². The van der Waals surface area contributed by atoms with E-state index >= 15 is 0 Å². The molecule has 0 aromatic heterocycles. The summed E-state index contributed by atoms with van der Waals surface area (Å²) in [6.07, 6.45) is 1.96. The van der Waals surface area contributed by atoms with Gasteiger partial charge in [0.15, 0.2) is 0 Å². The molecule has 5 nitrogen and oxygen atoms in total. The maximum Gasteiger partial charge on any atom is 0.407 e. The van der Waals surface area contributed by atoms with Gasteiger partial charge < -0.3 is 20.5 Å². The Morgan fingerprint density at radius 2 is 2.00 bits per heavy atom. The summed E-state index contributed by atoms with van der Waals surface area (Å²) in [5, 5.41) is 2.62. The minimum Gasteiger partial charge on any atom is -0.444 e. The van der Waals surface area contributed by atoms with Crippen molar-refractivity contribution in [3.05, 3.63) is 11.8 Å². The summed E-state index contributed by atoms with van der Waals surface area (Å²) in [5.74, 6) is 0. The van der Waals surface area contributed by atoms with Crippen molar-refractivity contribution >= 4 is 6.09 Å². The van der Waals surface area contributed by atoms with E-state index < -0.39 is 11.7 Å². The summed E-state index contributed by atoms with van der Waals surface area (Å²) in [6, 6.07) is 0. The Morgan fingerprint density at radius 1 is 1.35 bits per heavy atom. The van der Waals surface area contributed by atoms with Crippen LogP contribution in [0.1, 0.15) is 34.1 Å². The van der Waals surface area contributed by atoms with Gasteiger partial charge in [0.25, 0.3) is 0 Å². The van der Waals surface area contributed by atoms with Crippen molar-refractivity contribution in [2.24, 2.45) is 5.73 Å². The Balaban J connectivity index is 3.43. The monoisotopic (exact) mass is 244 g/mol. The first kappa shape index (κ1) is 15.8. The van der Waals surface area contributed by atoms with E-state index in [4.69, 9.17) is 15.2 Å². The highest BCUT2D eigenvalue weighted by molar-refractivity contribution is 5.67. The van der Waals surface area contributed by atoms with E-state index in [0.29, 0.717) is 19.8 Å². The molecule has 0 atom stereocenters. The summed E-state index contributed by atoms with van der Waals surface area (Å²) in [7, 11) is 0. The van der Waals surface area contributed by atoms with Gasteiger partial charge >= 0.3 is 6.09 Å². The molecule has 0 bridgehead atoms. The van der Waals surface area contributed by atoms with Gasteiger partial charge in [-0.1, -0.05) is 5.57 Å². The molecule has 0 aliphatic rings. The predicted octanol–water partition coefficient (Wildman–Crippen LogP) is 1.78. The quantitative estimate of drug-likeness (QED) is 0.698. The van der Waals surface area contributed by atoms with Crippen LogP contribution in [0.3, 0.4) is 0 Å². The average molecular weight is 244 g/mol. The van der Waals surface area contributed by atoms with Crippen molar-refractivity contribution in [2.75, 3.05) is 19.8 Å². The molecule has 0 radical (unpaired) electrons. The van der Waals surface area contributed by atoms with Gasteiger partial charge in [-0.15, -0.1) is 0 Å². The normalized spacial score (nSPS) is 12.4. The molecular formula is C12H24N2O3. The molecule has 0 aliphatic heterocycles. The van der Waals surface area contributed by atoms with E-state index in [2.05, 4.69) is 5.32 Å². The predicted molar refractivity (Wildman–Crippen MR) is 67.6 cm³/mol. The second kappa shape index (κ2) is 7.95. The lowest BCUT2D eigenvalue weighted by Gasteiger charge is -2.19. The lowest BCUT2D eigenvalue weighted by Crippen LogP contribution is -2.34. The Morgan fingerprint density at radius 3 is 2.53 bits per heavy atom. The van der Waals surface area contributed by atoms with Gasteiger partial charge in [-0.25, -0.2) is 4.79 Å². The van der Waals surface area contributed by atoms with Gasteiger partial charge in [0.05, 0.1) is 13.2 Å². The lowest BCUT2D eigenvalue weighted by molar-refractivity contribution is 0.0500. The van der Waals surface area contributed by atoms with Crippen LogP contribution in [-0.4, -0.2) is 31.5 Å². The van der Waals surface area contributed by atoms with Crippen LogP contribution in [0.2, 0.25) is 0 Å². The van der Waals surface area contributed by atoms with Crippen LogP contribution in [0.4, 0.5) is 4.79 Å². The van der Waals surface area contributed by atoms with Crippen LogP contribution >= 0.6 is 0 Å². The topological polar surface area (TPSA) is 73.6 Å². The van der Waals surface area contributed by atoms with Crippen LogP contribution in [0.15, 0.2) is 11.8 Å². The highest BCUT2D eigenvalue weighted by atomic mass is 16.6. The second-order valence-electron chi connectivity index (χ2n) is 4.80. The number of amides is 1. The van der Waals surface area contributed by atoms with Crippen molar-refractivity contribution in [1.29, 1.82) is 0 Å². The van der Waals surface area contributed by atoms with Crippen LogP contribution in [0, 0.1) is 0 Å². The molecule has 3 N–H and O–H groups in total. The Kier molecular flexibility index (Phi) is 7.37. The largest absolute Gasteiger partial charge is 0.444 e. The molecule has 0 heterocycles. The summed E-state index contributed by atoms with van der Waals surface area (Å²) in [6.45, 7) is 8.94. The maximum absolute atomic E-state index is 11.2. The summed E-state index contributed by atoms with van der Waals surface area (Å²) in [5.41, 5.74) is 5.94. The van der Waals surface area contributed by atoms with E-state index in [0.717, 1.165) is 12.0 Å². The van der Waals surface area contributed by atoms with E-state index in [-0.39, 0.29) is 0 Å². The number of alkyl carbamates (subject to hydrolysis) is 1. The molecule has 0 aromatic rings. The number of hydrogen-bond acceptors (Lipinski definition) is 4. The third-order valence-corrected chi connectivity index (χ3v) is 1.84. The third kappa shape index (κ3) is 11.0. The number of rotatable bonds is 6. The van der Waals surface area contributed by atoms with E-state index in [1.807, 2.05) is 27.7 Å². The van der Waals surface area contributed by atoms with Crippen LogP contribution in [0.25, 0.3) is 0 Å². The van der Waals surface area contributed by atoms with Gasteiger partial charge in [0.2, 0.25) is 0 Å². The molecule has 17 heavy (non-hydrogen) atoms. The van der Waals surface area contributed by atoms with Gasteiger partial charge in [0.1, 0.15) is 5.60 Å². The van der Waals surface area contributed by atoms with Crippen molar-refractivity contribution in [2.45, 2.75) is 39.7 Å². The average Bonchev–Trinajstić information content (AvgIpc) is 2.20. The van der Waals surface area contributed by atoms with Gasteiger partial charge in [-0.2, -0.15) is 0 Å². The fourth-order valence-electron chi connectivity index (χ4n) is 0.958. The van der Waals surface area contributed by atoms with Crippen LogP contribution in [0.5, 0.6) is 0 Å². The molecule has 0 rings (SSSR count). The van der Waals surface area contributed by atoms with Crippen LogP contribution < -0.4 is 11.1 Å². The number of carbonyl (C=O) groups excluding carboxylic acids is 1. The fourth-order valence-corrected chi connectivity index (χ4v) is 0.958. The second-order valence-corrected chi connectivity index (χ2v) is 4.80. The fraction of sp³-hybridized carbons (Fsp3) is 0.750. The Bertz CT molecular complexity index is 257. The molecule has 0 aliphatic carbocycles. The number of carbonyl (C=O) groups is 1. The molecule has 0 spiro atoms. The molecule has 0 fully saturated rings. The summed E-state index contributed by atoms with van der Waals surface area (Å²) < 4.78 is 10.4. The number of nitrogens with one attached hydrogen (secondary N) is 1. The third-order valence-electron chi connectivity index (χ3n) is 1.84. The highest BCUT2D eigenvalue weighted by Gasteiger charge is 2.15. The van der Waals surface area contributed by atoms with E-state index in [1.165, 1.54) is 0 Å². The van der Waals surface area contributed by atoms with Gasteiger partial charge in [-0.05, 0) is 40.3 Å². The Labute approximate surface area is 103 Å². The first-order chi connectivity index (χ1) is 7.85. The number of hydrogen-bond donors (Lipinski definition) is 2. The Hall–Kier alpha value is -1.23. The van der Waals surface area contributed by atoms with Gasteiger partial charge in [0, 0.05) is 6.54 Å². The molecule has 0 unspecified atom stereocenters. The maximum atomic E-state index is 11.2. The molecule has 0 aromatic carbocycles. The minimum absolute atomic E-state index is 0.417. The van der Waals surface area contributed by atoms with Crippen LogP contribution in [-0.2, 0) is 9.47 Å². The SMILES string of the molecule is C/C(=C/N)CCOCCNC(=O)OC(C)(C)C.